The van der Waals surface area contributed by atoms with E-state index in [1.54, 1.807) is 26.0 Å². The summed E-state index contributed by atoms with van der Waals surface area (Å²) in [5.41, 5.74) is 0.617. The molecule has 0 heterocycles. The predicted octanol–water partition coefficient (Wildman–Crippen LogP) is 2.63. The van der Waals surface area contributed by atoms with Gasteiger partial charge < -0.3 is 9.47 Å². The molecule has 0 radical (unpaired) electrons. The van der Waals surface area contributed by atoms with Crippen molar-refractivity contribution in [3.8, 4) is 5.75 Å². The van der Waals surface area contributed by atoms with E-state index >= 15 is 0 Å². The highest BCUT2D eigenvalue weighted by molar-refractivity contribution is 5.69. The van der Waals surface area contributed by atoms with Crippen molar-refractivity contribution in [2.24, 2.45) is 0 Å². The topological polar surface area (TPSA) is 78.7 Å². The average Bonchev–Trinajstić information content (AvgIpc) is 2.34. The summed E-state index contributed by atoms with van der Waals surface area (Å²) in [7, 11) is 0. The number of ether oxygens (including phenoxy) is 2. The van der Waals surface area contributed by atoms with E-state index in [4.69, 9.17) is 9.47 Å². The number of benzene rings is 1. The lowest BCUT2D eigenvalue weighted by atomic mass is 10.2. The Hall–Kier alpha value is -2.11. The summed E-state index contributed by atoms with van der Waals surface area (Å²) in [4.78, 5) is 21.3. The van der Waals surface area contributed by atoms with E-state index in [2.05, 4.69) is 0 Å². The Kier molecular flexibility index (Phi) is 5.78. The van der Waals surface area contributed by atoms with Gasteiger partial charge in [0.1, 0.15) is 5.75 Å². The van der Waals surface area contributed by atoms with Crippen LogP contribution in [0.2, 0.25) is 0 Å². The van der Waals surface area contributed by atoms with Gasteiger partial charge in [-0.05, 0) is 32.4 Å². The van der Waals surface area contributed by atoms with Crippen molar-refractivity contribution in [2.45, 2.75) is 26.7 Å². The van der Waals surface area contributed by atoms with Crippen molar-refractivity contribution in [2.75, 3.05) is 13.2 Å². The van der Waals surface area contributed by atoms with Crippen LogP contribution < -0.4 is 4.74 Å². The molecule has 0 N–H and O–H groups in total. The lowest BCUT2D eigenvalue weighted by Gasteiger charge is -2.07. The molecule has 0 atom stereocenters. The zero-order valence-electron chi connectivity index (χ0n) is 11.0. The second-order valence-corrected chi connectivity index (χ2v) is 3.96. The molecule has 1 aromatic carbocycles. The number of carbonyl (C=O) groups excluding carboxylic acids is 1. The Morgan fingerprint density at radius 3 is 2.74 bits per heavy atom. The minimum Gasteiger partial charge on any atom is -0.494 e. The maximum Gasteiger partial charge on any atom is 0.305 e. The number of nitro groups is 1. The molecule has 0 unspecified atom stereocenters. The van der Waals surface area contributed by atoms with Gasteiger partial charge >= 0.3 is 5.97 Å². The lowest BCUT2D eigenvalue weighted by molar-refractivity contribution is -0.385. The van der Waals surface area contributed by atoms with Crippen LogP contribution in [0.15, 0.2) is 18.2 Å². The summed E-state index contributed by atoms with van der Waals surface area (Å²) in [6.45, 7) is 4.16. The van der Waals surface area contributed by atoms with Crippen LogP contribution in [0.1, 0.15) is 25.3 Å². The molecule has 0 aromatic heterocycles. The zero-order valence-corrected chi connectivity index (χ0v) is 11.0. The zero-order chi connectivity index (χ0) is 14.3. The molecule has 0 saturated heterocycles. The number of carbonyl (C=O) groups is 1. The summed E-state index contributed by atoms with van der Waals surface area (Å²) in [6.07, 6.45) is 0.856. The smallest absolute Gasteiger partial charge is 0.305 e. The molecule has 0 aliphatic carbocycles. The second-order valence-electron chi connectivity index (χ2n) is 3.96. The molecule has 0 aliphatic rings. The molecule has 0 saturated carbocycles. The Bertz CT molecular complexity index is 458. The quantitative estimate of drug-likeness (QED) is 0.328. The molecule has 6 heteroatoms. The highest BCUT2D eigenvalue weighted by atomic mass is 16.6. The maximum atomic E-state index is 11.1. The fraction of sp³-hybridized carbons (Fsp3) is 0.462. The van der Waals surface area contributed by atoms with Gasteiger partial charge in [-0.1, -0.05) is 0 Å². The van der Waals surface area contributed by atoms with Crippen LogP contribution in [-0.4, -0.2) is 24.1 Å². The molecule has 0 aliphatic heterocycles. The standard InChI is InChI=1S/C13H17NO5/c1-3-18-13(15)5-4-8-19-11-6-7-12(14(16)17)10(2)9-11/h6-7,9H,3-5,8H2,1-2H3. The van der Waals surface area contributed by atoms with Gasteiger partial charge in [-0.15, -0.1) is 0 Å². The average molecular weight is 267 g/mol. The van der Waals surface area contributed by atoms with Gasteiger partial charge in [0, 0.05) is 18.1 Å². The van der Waals surface area contributed by atoms with Crippen LogP contribution in [0.3, 0.4) is 0 Å². The number of nitro benzene ring substituents is 1. The SMILES string of the molecule is CCOC(=O)CCCOc1ccc([N+](=O)[O-])c(C)c1. The number of rotatable bonds is 7. The first-order valence-corrected chi connectivity index (χ1v) is 6.08. The van der Waals surface area contributed by atoms with E-state index in [9.17, 15) is 14.9 Å². The fourth-order valence-electron chi connectivity index (χ4n) is 1.56. The van der Waals surface area contributed by atoms with Gasteiger partial charge in [0.2, 0.25) is 0 Å². The van der Waals surface area contributed by atoms with Gasteiger partial charge in [-0.25, -0.2) is 0 Å². The van der Waals surface area contributed by atoms with Crippen molar-refractivity contribution < 1.29 is 19.2 Å². The van der Waals surface area contributed by atoms with Crippen LogP contribution in [0.5, 0.6) is 5.75 Å². The first-order valence-electron chi connectivity index (χ1n) is 6.08. The van der Waals surface area contributed by atoms with E-state index in [-0.39, 0.29) is 11.7 Å². The number of aryl methyl sites for hydroxylation is 1. The molecule has 0 fully saturated rings. The highest BCUT2D eigenvalue weighted by Gasteiger charge is 2.10. The molecule has 0 amide bonds. The first kappa shape index (κ1) is 14.9. The molecular weight excluding hydrogens is 250 g/mol. The first-order chi connectivity index (χ1) is 9.04. The lowest BCUT2D eigenvalue weighted by Crippen LogP contribution is -2.06. The van der Waals surface area contributed by atoms with Crippen molar-refractivity contribution >= 4 is 11.7 Å². The summed E-state index contributed by atoms with van der Waals surface area (Å²) in [6, 6.07) is 4.58. The van der Waals surface area contributed by atoms with Crippen molar-refractivity contribution in [1.29, 1.82) is 0 Å². The van der Waals surface area contributed by atoms with Crippen LogP contribution in [0.25, 0.3) is 0 Å². The largest absolute Gasteiger partial charge is 0.494 e. The van der Waals surface area contributed by atoms with Crippen molar-refractivity contribution in [3.05, 3.63) is 33.9 Å². The van der Waals surface area contributed by atoms with E-state index in [0.717, 1.165) is 0 Å². The summed E-state index contributed by atoms with van der Waals surface area (Å²) in [5, 5.41) is 10.6. The molecule has 6 nitrogen and oxygen atoms in total. The van der Waals surface area contributed by atoms with Gasteiger partial charge in [0.05, 0.1) is 18.1 Å². The van der Waals surface area contributed by atoms with Crippen LogP contribution in [0.4, 0.5) is 5.69 Å². The molecule has 0 bridgehead atoms. The van der Waals surface area contributed by atoms with Gasteiger partial charge in [0.15, 0.2) is 0 Å². The fourth-order valence-corrected chi connectivity index (χ4v) is 1.56. The Morgan fingerprint density at radius 1 is 1.42 bits per heavy atom. The molecule has 1 aromatic rings. The Labute approximate surface area is 111 Å². The van der Waals surface area contributed by atoms with Gasteiger partial charge in [-0.3, -0.25) is 14.9 Å². The van der Waals surface area contributed by atoms with Crippen LogP contribution >= 0.6 is 0 Å². The third-order valence-electron chi connectivity index (χ3n) is 2.46. The molecule has 19 heavy (non-hydrogen) atoms. The number of esters is 1. The van der Waals surface area contributed by atoms with Crippen molar-refractivity contribution in [1.82, 2.24) is 0 Å². The highest BCUT2D eigenvalue weighted by Crippen LogP contribution is 2.23. The molecule has 0 spiro atoms. The van der Waals surface area contributed by atoms with Crippen LogP contribution in [0, 0.1) is 17.0 Å². The summed E-state index contributed by atoms with van der Waals surface area (Å²) in [5.74, 6) is 0.318. The van der Waals surface area contributed by atoms with Gasteiger partial charge in [0.25, 0.3) is 5.69 Å². The summed E-state index contributed by atoms with van der Waals surface area (Å²) >= 11 is 0. The second kappa shape index (κ2) is 7.35. The summed E-state index contributed by atoms with van der Waals surface area (Å²) < 4.78 is 10.2. The maximum absolute atomic E-state index is 11.1. The van der Waals surface area contributed by atoms with Crippen LogP contribution in [-0.2, 0) is 9.53 Å². The van der Waals surface area contributed by atoms with E-state index in [1.807, 2.05) is 0 Å². The Morgan fingerprint density at radius 2 is 2.16 bits per heavy atom. The number of hydrogen-bond acceptors (Lipinski definition) is 5. The molecular formula is C13H17NO5. The number of hydrogen-bond donors (Lipinski definition) is 0. The minimum atomic E-state index is -0.431. The predicted molar refractivity (Wildman–Crippen MR) is 69.2 cm³/mol. The van der Waals surface area contributed by atoms with E-state index in [0.29, 0.717) is 37.4 Å². The third kappa shape index (κ3) is 4.95. The minimum absolute atomic E-state index is 0.0684. The molecule has 104 valence electrons. The Balaban J connectivity index is 2.40. The molecule has 1 rings (SSSR count). The van der Waals surface area contributed by atoms with Crippen molar-refractivity contribution in [3.63, 3.8) is 0 Å². The third-order valence-corrected chi connectivity index (χ3v) is 2.46. The van der Waals surface area contributed by atoms with E-state index < -0.39 is 4.92 Å². The van der Waals surface area contributed by atoms with E-state index in [1.165, 1.54) is 6.07 Å². The number of nitrogens with zero attached hydrogens (tertiary/aromatic N) is 1. The van der Waals surface area contributed by atoms with Gasteiger partial charge in [-0.2, -0.15) is 0 Å². The monoisotopic (exact) mass is 267 g/mol. The normalized spacial score (nSPS) is 10.0.